The molecule has 2 rings (SSSR count). The van der Waals surface area contributed by atoms with Gasteiger partial charge in [-0.05, 0) is 45.9 Å². The second-order valence-corrected chi connectivity index (χ2v) is 6.98. The van der Waals surface area contributed by atoms with Crippen LogP contribution in [-0.4, -0.2) is 25.0 Å². The van der Waals surface area contributed by atoms with E-state index in [1.54, 1.807) is 0 Å². The van der Waals surface area contributed by atoms with Crippen molar-refractivity contribution in [1.29, 1.82) is 0 Å². The van der Waals surface area contributed by atoms with E-state index in [4.69, 9.17) is 4.74 Å². The van der Waals surface area contributed by atoms with Crippen LogP contribution in [0.3, 0.4) is 0 Å². The highest BCUT2D eigenvalue weighted by atomic mass is 127. The maximum absolute atomic E-state index is 12.8. The van der Waals surface area contributed by atoms with Crippen molar-refractivity contribution in [1.82, 2.24) is 5.32 Å². The highest BCUT2D eigenvalue weighted by Gasteiger charge is 2.30. The molecule has 0 saturated heterocycles. The van der Waals surface area contributed by atoms with E-state index >= 15 is 0 Å². The summed E-state index contributed by atoms with van der Waals surface area (Å²) in [6, 6.07) is 11.0. The number of nitrogens with one attached hydrogen (secondary N) is 1. The van der Waals surface area contributed by atoms with E-state index < -0.39 is 29.7 Å². The van der Waals surface area contributed by atoms with Gasteiger partial charge in [0, 0.05) is 9.99 Å². The zero-order chi connectivity index (χ0) is 20.0. The van der Waals surface area contributed by atoms with Crippen LogP contribution >= 0.6 is 22.6 Å². The Bertz CT molecular complexity index is 824. The fourth-order valence-electron chi connectivity index (χ4n) is 2.51. The molecule has 0 aliphatic carbocycles. The zero-order valence-corrected chi connectivity index (χ0v) is 16.5. The summed E-state index contributed by atoms with van der Waals surface area (Å²) < 4.78 is 44.0. The van der Waals surface area contributed by atoms with E-state index in [1.807, 2.05) is 24.3 Å². The summed E-state index contributed by atoms with van der Waals surface area (Å²) >= 11 is 2.12. The number of ether oxygens (including phenoxy) is 1. The Hall–Kier alpha value is -2.10. The van der Waals surface area contributed by atoms with Gasteiger partial charge in [0.1, 0.15) is 6.04 Å². The van der Waals surface area contributed by atoms with Crippen LogP contribution in [0.1, 0.15) is 16.7 Å². The fourth-order valence-corrected chi connectivity index (χ4v) is 3.12. The van der Waals surface area contributed by atoms with E-state index in [-0.39, 0.29) is 18.4 Å². The number of methoxy groups -OCH3 is 1. The molecule has 0 aromatic heterocycles. The van der Waals surface area contributed by atoms with Gasteiger partial charge in [-0.3, -0.25) is 4.79 Å². The number of rotatable bonds is 6. The van der Waals surface area contributed by atoms with Crippen molar-refractivity contribution in [2.24, 2.45) is 0 Å². The lowest BCUT2D eigenvalue weighted by Gasteiger charge is -2.17. The Labute approximate surface area is 168 Å². The highest BCUT2D eigenvalue weighted by molar-refractivity contribution is 14.1. The van der Waals surface area contributed by atoms with Gasteiger partial charge in [0.25, 0.3) is 0 Å². The minimum absolute atomic E-state index is 0.209. The van der Waals surface area contributed by atoms with Gasteiger partial charge in [-0.2, -0.15) is 13.2 Å². The van der Waals surface area contributed by atoms with Crippen molar-refractivity contribution in [3.05, 3.63) is 68.8 Å². The Kier molecular flexibility index (Phi) is 7.23. The molecule has 4 nitrogen and oxygen atoms in total. The van der Waals surface area contributed by atoms with Gasteiger partial charge in [-0.15, -0.1) is 0 Å². The van der Waals surface area contributed by atoms with Crippen LogP contribution < -0.4 is 5.32 Å². The molecule has 0 heterocycles. The molecule has 0 aliphatic rings. The van der Waals surface area contributed by atoms with Crippen LogP contribution in [0.15, 0.2) is 48.5 Å². The highest BCUT2D eigenvalue weighted by Crippen LogP contribution is 2.29. The number of benzene rings is 2. The Morgan fingerprint density at radius 3 is 2.48 bits per heavy atom. The van der Waals surface area contributed by atoms with Gasteiger partial charge in [-0.1, -0.05) is 36.4 Å². The van der Waals surface area contributed by atoms with Crippen LogP contribution in [0, 0.1) is 3.57 Å². The van der Waals surface area contributed by atoms with Crippen LogP contribution in [0.5, 0.6) is 0 Å². The molecule has 1 N–H and O–H groups in total. The monoisotopic (exact) mass is 491 g/mol. The molecule has 0 fully saturated rings. The second-order valence-electron chi connectivity index (χ2n) is 5.81. The molecule has 27 heavy (non-hydrogen) atoms. The first-order chi connectivity index (χ1) is 12.7. The predicted octanol–water partition coefficient (Wildman–Crippen LogP) is 3.75. The first-order valence-corrected chi connectivity index (χ1v) is 9.05. The number of carbonyl (C=O) groups is 2. The normalized spacial score (nSPS) is 12.3. The zero-order valence-electron chi connectivity index (χ0n) is 14.3. The third-order valence-corrected chi connectivity index (χ3v) is 4.87. The molecule has 0 saturated carbocycles. The summed E-state index contributed by atoms with van der Waals surface area (Å²) in [5.74, 6) is -1.18. The predicted molar refractivity (Wildman–Crippen MR) is 102 cm³/mol. The average Bonchev–Trinajstić information content (AvgIpc) is 2.61. The lowest BCUT2D eigenvalue weighted by molar-refractivity contribution is -0.145. The number of esters is 1. The third kappa shape index (κ3) is 6.23. The molecule has 0 radical (unpaired) electrons. The average molecular weight is 491 g/mol. The van der Waals surface area contributed by atoms with E-state index in [2.05, 4.69) is 27.9 Å². The molecule has 144 valence electrons. The number of hydrogen-bond donors (Lipinski definition) is 1. The lowest BCUT2D eigenvalue weighted by Crippen LogP contribution is -2.43. The number of amides is 1. The smallest absolute Gasteiger partial charge is 0.416 e. The quantitative estimate of drug-likeness (QED) is 0.495. The molecule has 0 spiro atoms. The fraction of sp³-hybridized carbons (Fsp3) is 0.263. The Balaban J connectivity index is 2.10. The third-order valence-electron chi connectivity index (χ3n) is 3.82. The molecule has 2 aromatic carbocycles. The second kappa shape index (κ2) is 9.20. The molecule has 1 atom stereocenters. The maximum atomic E-state index is 12.8. The van der Waals surface area contributed by atoms with Crippen molar-refractivity contribution in [3.8, 4) is 0 Å². The van der Waals surface area contributed by atoms with Crippen molar-refractivity contribution in [2.45, 2.75) is 25.1 Å². The van der Waals surface area contributed by atoms with Gasteiger partial charge < -0.3 is 10.1 Å². The summed E-state index contributed by atoms with van der Waals surface area (Å²) in [7, 11) is 1.21. The number of halogens is 4. The van der Waals surface area contributed by atoms with E-state index in [1.165, 1.54) is 19.2 Å². The van der Waals surface area contributed by atoms with Gasteiger partial charge in [0.05, 0.1) is 19.1 Å². The summed E-state index contributed by atoms with van der Waals surface area (Å²) in [4.78, 5) is 24.3. The number of hydrogen-bond acceptors (Lipinski definition) is 3. The summed E-state index contributed by atoms with van der Waals surface area (Å²) in [5.41, 5.74) is 0.240. The van der Waals surface area contributed by atoms with Crippen LogP contribution in [0.25, 0.3) is 0 Å². The van der Waals surface area contributed by atoms with Gasteiger partial charge >= 0.3 is 12.1 Å². The topological polar surface area (TPSA) is 55.4 Å². The van der Waals surface area contributed by atoms with E-state index in [0.717, 1.165) is 21.3 Å². The van der Waals surface area contributed by atoms with Crippen molar-refractivity contribution >= 4 is 34.5 Å². The van der Waals surface area contributed by atoms with Crippen LogP contribution in [0.2, 0.25) is 0 Å². The molecule has 0 bridgehead atoms. The first kappa shape index (κ1) is 21.2. The minimum atomic E-state index is -4.48. The van der Waals surface area contributed by atoms with Gasteiger partial charge in [0.2, 0.25) is 5.91 Å². The van der Waals surface area contributed by atoms with Crippen LogP contribution in [0.4, 0.5) is 13.2 Å². The van der Waals surface area contributed by atoms with Crippen molar-refractivity contribution in [3.63, 3.8) is 0 Å². The van der Waals surface area contributed by atoms with E-state index in [0.29, 0.717) is 0 Å². The molecule has 2 aromatic rings. The van der Waals surface area contributed by atoms with Crippen LogP contribution in [-0.2, 0) is 33.3 Å². The summed E-state index contributed by atoms with van der Waals surface area (Å²) in [5, 5.41) is 2.55. The summed E-state index contributed by atoms with van der Waals surface area (Å²) in [6.07, 6.45) is -4.53. The molecular weight excluding hydrogens is 474 g/mol. The maximum Gasteiger partial charge on any atom is 0.416 e. The molecule has 0 unspecified atom stereocenters. The minimum Gasteiger partial charge on any atom is -0.467 e. The van der Waals surface area contributed by atoms with Crippen molar-refractivity contribution < 1.29 is 27.5 Å². The SMILES string of the molecule is COC(=O)[C@@H](Cc1ccccc1I)NC(=O)Cc1cccc(C(F)(F)F)c1. The molecule has 8 heteroatoms. The van der Waals surface area contributed by atoms with Crippen molar-refractivity contribution in [2.75, 3.05) is 7.11 Å². The Morgan fingerprint density at radius 2 is 1.85 bits per heavy atom. The standard InChI is InChI=1S/C19H17F3INO3/c1-27-18(26)16(11-13-6-2-3-8-15(13)23)24-17(25)10-12-5-4-7-14(9-12)19(20,21)22/h2-9,16H,10-11H2,1H3,(H,24,25)/t16-/m1/s1. The lowest BCUT2D eigenvalue weighted by atomic mass is 10.0. The van der Waals surface area contributed by atoms with Gasteiger partial charge in [-0.25, -0.2) is 4.79 Å². The largest absolute Gasteiger partial charge is 0.467 e. The van der Waals surface area contributed by atoms with Gasteiger partial charge in [0.15, 0.2) is 0 Å². The number of carbonyl (C=O) groups excluding carboxylic acids is 2. The summed E-state index contributed by atoms with van der Waals surface area (Å²) in [6.45, 7) is 0. The molecule has 1 amide bonds. The number of alkyl halides is 3. The molecule has 0 aliphatic heterocycles. The Morgan fingerprint density at radius 1 is 1.15 bits per heavy atom. The first-order valence-electron chi connectivity index (χ1n) is 7.97. The molecular formula is C19H17F3INO3. The van der Waals surface area contributed by atoms with E-state index in [9.17, 15) is 22.8 Å².